The molecule has 1 atom stereocenters. The lowest BCUT2D eigenvalue weighted by atomic mass is 10.0. The van der Waals surface area contributed by atoms with E-state index in [0.29, 0.717) is 19.0 Å². The molecule has 3 heterocycles. The van der Waals surface area contributed by atoms with Crippen molar-refractivity contribution < 1.29 is 19.0 Å². The first kappa shape index (κ1) is 23.0. The van der Waals surface area contributed by atoms with E-state index < -0.39 is 0 Å². The van der Waals surface area contributed by atoms with E-state index in [2.05, 4.69) is 21.2 Å². The van der Waals surface area contributed by atoms with E-state index in [-0.39, 0.29) is 18.5 Å². The van der Waals surface area contributed by atoms with Crippen LogP contribution in [0.4, 0.5) is 5.95 Å². The Morgan fingerprint density at radius 3 is 2.79 bits per heavy atom. The zero-order chi connectivity index (χ0) is 23.4. The molecule has 4 rings (SSSR count). The number of benzene rings is 1. The van der Waals surface area contributed by atoms with Gasteiger partial charge in [0.05, 0.1) is 44.1 Å². The van der Waals surface area contributed by atoms with Gasteiger partial charge >= 0.3 is 5.97 Å². The Labute approximate surface area is 194 Å². The van der Waals surface area contributed by atoms with Crippen LogP contribution in [-0.2, 0) is 20.7 Å². The summed E-state index contributed by atoms with van der Waals surface area (Å²) in [5.74, 6) is 1.28. The fourth-order valence-electron chi connectivity index (χ4n) is 4.29. The molecule has 0 aliphatic carbocycles. The van der Waals surface area contributed by atoms with E-state index in [9.17, 15) is 4.79 Å². The Morgan fingerprint density at radius 1 is 1.27 bits per heavy atom. The van der Waals surface area contributed by atoms with Gasteiger partial charge in [-0.1, -0.05) is 25.5 Å². The van der Waals surface area contributed by atoms with Gasteiger partial charge in [-0.2, -0.15) is 0 Å². The number of rotatable bonds is 8. The summed E-state index contributed by atoms with van der Waals surface area (Å²) in [6.45, 7) is 8.94. The Hall–Kier alpha value is -3.13. The molecule has 0 amide bonds. The van der Waals surface area contributed by atoms with E-state index in [4.69, 9.17) is 19.2 Å². The third kappa shape index (κ3) is 4.95. The van der Waals surface area contributed by atoms with Crippen molar-refractivity contribution in [3.63, 3.8) is 0 Å². The number of hydrogen-bond donors (Lipinski definition) is 0. The zero-order valence-electron chi connectivity index (χ0n) is 19.8. The molecule has 0 spiro atoms. The molecule has 176 valence electrons. The molecule has 0 unspecified atom stereocenters. The summed E-state index contributed by atoms with van der Waals surface area (Å²) < 4.78 is 18.8. The number of carbonyl (C=O) groups excluding carboxylic acids is 1. The fourth-order valence-corrected chi connectivity index (χ4v) is 4.29. The lowest BCUT2D eigenvalue weighted by Gasteiger charge is -2.27. The third-order valence-corrected chi connectivity index (χ3v) is 5.94. The summed E-state index contributed by atoms with van der Waals surface area (Å²) in [6, 6.07) is 5.85. The molecule has 0 radical (unpaired) electrons. The van der Waals surface area contributed by atoms with Gasteiger partial charge < -0.3 is 19.1 Å². The number of esters is 1. The largest absolute Gasteiger partial charge is 0.496 e. The number of imidazole rings is 1. The highest BCUT2D eigenvalue weighted by atomic mass is 16.5. The second-order valence-electron chi connectivity index (χ2n) is 8.38. The topological polar surface area (TPSA) is 78.2 Å². The number of carbonyl (C=O) groups is 1. The highest BCUT2D eigenvalue weighted by molar-refractivity contribution is 5.83. The molecule has 8 heteroatoms. The van der Waals surface area contributed by atoms with Crippen molar-refractivity contribution in [2.45, 2.75) is 46.1 Å². The van der Waals surface area contributed by atoms with E-state index in [1.165, 1.54) is 0 Å². The molecule has 1 fully saturated rings. The predicted octanol–water partition coefficient (Wildman–Crippen LogP) is 3.82. The van der Waals surface area contributed by atoms with Crippen molar-refractivity contribution in [3.05, 3.63) is 41.9 Å². The van der Waals surface area contributed by atoms with E-state index in [0.717, 1.165) is 59.9 Å². The van der Waals surface area contributed by atoms with Gasteiger partial charge in [0.15, 0.2) is 0 Å². The van der Waals surface area contributed by atoms with Gasteiger partial charge in [-0.25, -0.2) is 4.98 Å². The summed E-state index contributed by atoms with van der Waals surface area (Å²) in [5, 5.41) is 0. The Kier molecular flexibility index (Phi) is 7.13. The first-order valence-electron chi connectivity index (χ1n) is 11.5. The minimum Gasteiger partial charge on any atom is -0.496 e. The predicted molar refractivity (Wildman–Crippen MR) is 127 cm³/mol. The standard InChI is InChI=1S/C25H32N4O4/c1-5-6-17(2)33-22(30)16-19-7-8-20(15-21(19)31-4)23-24-18(3)26-9-10-29(24)25(27-23)28-11-13-32-14-12-28/h7-10,15,17H,5-6,11-14,16H2,1-4H3/t17-/m0/s1. The monoisotopic (exact) mass is 452 g/mol. The normalized spacial score (nSPS) is 15.0. The average molecular weight is 453 g/mol. The molecule has 0 saturated carbocycles. The molecule has 1 aromatic carbocycles. The maximum absolute atomic E-state index is 12.4. The number of nitrogens with zero attached hydrogens (tertiary/aromatic N) is 4. The van der Waals surface area contributed by atoms with Crippen molar-refractivity contribution in [2.75, 3.05) is 38.3 Å². The number of aryl methyl sites for hydroxylation is 1. The third-order valence-electron chi connectivity index (χ3n) is 5.94. The van der Waals surface area contributed by atoms with Gasteiger partial charge in [-0.15, -0.1) is 0 Å². The second kappa shape index (κ2) is 10.2. The Morgan fingerprint density at radius 2 is 2.06 bits per heavy atom. The van der Waals surface area contributed by atoms with Crippen LogP contribution in [0.5, 0.6) is 5.75 Å². The average Bonchev–Trinajstić information content (AvgIpc) is 3.21. The quantitative estimate of drug-likeness (QED) is 0.481. The molecule has 1 aliphatic rings. The molecule has 3 aromatic rings. The van der Waals surface area contributed by atoms with E-state index in [1.54, 1.807) is 13.3 Å². The van der Waals surface area contributed by atoms with Gasteiger partial charge in [0.25, 0.3) is 0 Å². The summed E-state index contributed by atoms with van der Waals surface area (Å²) in [4.78, 5) is 24.1. The van der Waals surface area contributed by atoms with Crippen molar-refractivity contribution in [3.8, 4) is 17.0 Å². The number of methoxy groups -OCH3 is 1. The fraction of sp³-hybridized carbons (Fsp3) is 0.480. The number of ether oxygens (including phenoxy) is 3. The van der Waals surface area contributed by atoms with Crippen LogP contribution in [0, 0.1) is 6.92 Å². The maximum atomic E-state index is 12.4. The Bertz CT molecular complexity index is 1120. The molecular formula is C25H32N4O4. The smallest absolute Gasteiger partial charge is 0.310 e. The van der Waals surface area contributed by atoms with Gasteiger partial charge in [-0.3, -0.25) is 14.2 Å². The van der Waals surface area contributed by atoms with Crippen LogP contribution in [0.15, 0.2) is 30.6 Å². The van der Waals surface area contributed by atoms with Crippen molar-refractivity contribution in [1.82, 2.24) is 14.4 Å². The van der Waals surface area contributed by atoms with Gasteiger partial charge in [0, 0.05) is 36.6 Å². The molecule has 33 heavy (non-hydrogen) atoms. The first-order chi connectivity index (χ1) is 16.0. The van der Waals surface area contributed by atoms with E-state index >= 15 is 0 Å². The number of hydrogen-bond acceptors (Lipinski definition) is 7. The summed E-state index contributed by atoms with van der Waals surface area (Å²) in [6.07, 6.45) is 5.66. The van der Waals surface area contributed by atoms with Crippen LogP contribution < -0.4 is 9.64 Å². The van der Waals surface area contributed by atoms with Crippen LogP contribution in [0.3, 0.4) is 0 Å². The highest BCUT2D eigenvalue weighted by Crippen LogP contribution is 2.33. The molecule has 1 saturated heterocycles. The molecule has 0 N–H and O–H groups in total. The number of fused-ring (bicyclic) bond motifs is 1. The molecule has 0 bridgehead atoms. The van der Waals surface area contributed by atoms with Crippen LogP contribution in [0.1, 0.15) is 37.9 Å². The number of aromatic nitrogens is 3. The lowest BCUT2D eigenvalue weighted by Crippen LogP contribution is -2.37. The van der Waals surface area contributed by atoms with Crippen LogP contribution in [-0.4, -0.2) is 59.9 Å². The zero-order valence-corrected chi connectivity index (χ0v) is 19.8. The maximum Gasteiger partial charge on any atom is 0.310 e. The molecular weight excluding hydrogens is 420 g/mol. The van der Waals surface area contributed by atoms with Crippen LogP contribution in [0.2, 0.25) is 0 Å². The van der Waals surface area contributed by atoms with Gasteiger partial charge in [0.2, 0.25) is 5.95 Å². The van der Waals surface area contributed by atoms with E-state index in [1.807, 2.05) is 38.2 Å². The minimum absolute atomic E-state index is 0.0845. The van der Waals surface area contributed by atoms with Crippen molar-refractivity contribution in [1.29, 1.82) is 0 Å². The molecule has 2 aromatic heterocycles. The van der Waals surface area contributed by atoms with Crippen LogP contribution >= 0.6 is 0 Å². The van der Waals surface area contributed by atoms with Crippen molar-refractivity contribution >= 4 is 17.4 Å². The SMILES string of the molecule is CCC[C@H](C)OC(=O)Cc1ccc(-c2nc(N3CCOCC3)n3ccnc(C)c23)cc1OC. The summed E-state index contributed by atoms with van der Waals surface area (Å²) >= 11 is 0. The minimum atomic E-state index is -0.246. The van der Waals surface area contributed by atoms with Gasteiger partial charge in [0.1, 0.15) is 11.4 Å². The summed E-state index contributed by atoms with van der Waals surface area (Å²) in [7, 11) is 1.62. The lowest BCUT2D eigenvalue weighted by molar-refractivity contribution is -0.147. The van der Waals surface area contributed by atoms with Crippen molar-refractivity contribution in [2.24, 2.45) is 0 Å². The second-order valence-corrected chi connectivity index (χ2v) is 8.38. The molecule has 1 aliphatic heterocycles. The van der Waals surface area contributed by atoms with Crippen LogP contribution in [0.25, 0.3) is 16.8 Å². The summed E-state index contributed by atoms with van der Waals surface area (Å²) in [5.41, 5.74) is 4.40. The van der Waals surface area contributed by atoms with Gasteiger partial charge in [-0.05, 0) is 26.3 Å². The highest BCUT2D eigenvalue weighted by Gasteiger charge is 2.22. The number of morpholine rings is 1. The first-order valence-corrected chi connectivity index (χ1v) is 11.5. The molecule has 8 nitrogen and oxygen atoms in total. The Balaban J connectivity index is 1.68. The number of anilines is 1.